The van der Waals surface area contributed by atoms with E-state index < -0.39 is 0 Å². The van der Waals surface area contributed by atoms with Crippen LogP contribution in [0.1, 0.15) is 67.8 Å². The maximum atomic E-state index is 13.4. The van der Waals surface area contributed by atoms with E-state index in [9.17, 15) is 9.59 Å². The lowest BCUT2D eigenvalue weighted by molar-refractivity contribution is -0.135. The third-order valence-corrected chi connectivity index (χ3v) is 8.09. The van der Waals surface area contributed by atoms with E-state index in [4.69, 9.17) is 27.9 Å². The normalized spacial score (nSPS) is 17.6. The highest BCUT2D eigenvalue weighted by atomic mass is 35.5. The fraction of sp³-hybridized carbons (Fsp3) is 0.533. The van der Waals surface area contributed by atoms with Crippen molar-refractivity contribution in [1.29, 1.82) is 0 Å². The number of carbonyl (C=O) groups excluding carboxylic acids is 2. The molecule has 2 fully saturated rings. The third-order valence-electron chi connectivity index (χ3n) is 7.54. The fourth-order valence-electron chi connectivity index (χ4n) is 5.40. The van der Waals surface area contributed by atoms with Crippen LogP contribution in [0.5, 0.6) is 5.75 Å². The maximum Gasteiger partial charge on any atom is 0.251 e. The van der Waals surface area contributed by atoms with E-state index in [1.807, 2.05) is 29.2 Å². The van der Waals surface area contributed by atoms with Crippen LogP contribution in [0.15, 0.2) is 42.5 Å². The van der Waals surface area contributed by atoms with Gasteiger partial charge in [0, 0.05) is 43.1 Å². The molecule has 2 aliphatic heterocycles. The van der Waals surface area contributed by atoms with Crippen LogP contribution in [-0.4, -0.2) is 67.0 Å². The second kappa shape index (κ2) is 13.7. The Morgan fingerprint density at radius 3 is 2.32 bits per heavy atom. The van der Waals surface area contributed by atoms with Gasteiger partial charge in [0.05, 0.1) is 10.9 Å². The number of hydrogen-bond acceptors (Lipinski definition) is 4. The molecule has 0 spiro atoms. The zero-order chi connectivity index (χ0) is 27.1. The highest BCUT2D eigenvalue weighted by Gasteiger charge is 2.32. The van der Waals surface area contributed by atoms with Gasteiger partial charge in [-0.05, 0) is 80.7 Å². The van der Waals surface area contributed by atoms with Crippen molar-refractivity contribution in [2.24, 2.45) is 5.92 Å². The van der Waals surface area contributed by atoms with E-state index in [1.54, 1.807) is 18.2 Å². The first-order valence-corrected chi connectivity index (χ1v) is 14.6. The molecule has 4 rings (SSSR count). The molecule has 6 nitrogen and oxygen atoms in total. The molecule has 2 aliphatic rings. The first kappa shape index (κ1) is 28.7. The highest BCUT2D eigenvalue weighted by molar-refractivity contribution is 6.32. The number of benzene rings is 2. The van der Waals surface area contributed by atoms with Gasteiger partial charge in [0.15, 0.2) is 0 Å². The summed E-state index contributed by atoms with van der Waals surface area (Å²) in [6.45, 7) is 9.44. The Labute approximate surface area is 236 Å². The number of halogens is 2. The van der Waals surface area contributed by atoms with Gasteiger partial charge < -0.3 is 19.9 Å². The predicted octanol–water partition coefficient (Wildman–Crippen LogP) is 6.02. The molecule has 0 bridgehead atoms. The molecule has 2 heterocycles. The summed E-state index contributed by atoms with van der Waals surface area (Å²) >= 11 is 12.5. The number of amides is 2. The predicted molar refractivity (Wildman–Crippen MR) is 153 cm³/mol. The second-order valence-electron chi connectivity index (χ2n) is 10.7. The quantitative estimate of drug-likeness (QED) is 0.361. The first-order chi connectivity index (χ1) is 18.3. The number of nitrogens with zero attached hydrogens (tertiary/aromatic N) is 2. The number of piperidine rings is 1. The largest absolute Gasteiger partial charge is 0.489 e. The standard InChI is InChI=1S/C30H39Cl2N3O3/c1-21(2)28(22-6-9-24(31)10-7-22)30(37)35-18-12-25(13-19-35)38-27-11-8-23(20-26(27)32)29(36)33-14-5-17-34-15-3-4-16-34/h6-11,20-21,25,28H,3-5,12-19H2,1-2H3,(H,33,36). The minimum absolute atomic E-state index is 0.0326. The molecule has 1 unspecified atom stereocenters. The molecule has 8 heteroatoms. The summed E-state index contributed by atoms with van der Waals surface area (Å²) in [6.07, 6.45) is 4.92. The van der Waals surface area contributed by atoms with Gasteiger partial charge in [-0.3, -0.25) is 9.59 Å². The van der Waals surface area contributed by atoms with Crippen LogP contribution in [0.3, 0.4) is 0 Å². The lowest BCUT2D eigenvalue weighted by atomic mass is 9.86. The van der Waals surface area contributed by atoms with Crippen molar-refractivity contribution < 1.29 is 14.3 Å². The van der Waals surface area contributed by atoms with E-state index in [-0.39, 0.29) is 29.8 Å². The van der Waals surface area contributed by atoms with E-state index in [0.717, 1.165) is 31.4 Å². The van der Waals surface area contributed by atoms with E-state index in [0.29, 0.717) is 41.0 Å². The van der Waals surface area contributed by atoms with Gasteiger partial charge in [0.25, 0.3) is 5.91 Å². The summed E-state index contributed by atoms with van der Waals surface area (Å²) < 4.78 is 6.19. The number of nitrogens with one attached hydrogen (secondary N) is 1. The van der Waals surface area contributed by atoms with Crippen LogP contribution in [0.25, 0.3) is 0 Å². The highest BCUT2D eigenvalue weighted by Crippen LogP contribution is 2.31. The van der Waals surface area contributed by atoms with Crippen LogP contribution < -0.4 is 10.1 Å². The van der Waals surface area contributed by atoms with E-state index >= 15 is 0 Å². The molecule has 0 aliphatic carbocycles. The Kier molecular flexibility index (Phi) is 10.3. The van der Waals surface area contributed by atoms with Crippen LogP contribution in [0.2, 0.25) is 10.0 Å². The number of carbonyl (C=O) groups is 2. The number of rotatable bonds is 10. The van der Waals surface area contributed by atoms with Crippen LogP contribution in [0, 0.1) is 5.92 Å². The Hall–Kier alpha value is -2.28. The summed E-state index contributed by atoms with van der Waals surface area (Å²) in [7, 11) is 0. The molecule has 1 N–H and O–H groups in total. The Morgan fingerprint density at radius 1 is 1.00 bits per heavy atom. The molecule has 38 heavy (non-hydrogen) atoms. The number of likely N-dealkylation sites (tertiary alicyclic amines) is 2. The molecular weight excluding hydrogens is 521 g/mol. The van der Waals surface area contributed by atoms with Crippen molar-refractivity contribution in [3.63, 3.8) is 0 Å². The third kappa shape index (κ3) is 7.64. The van der Waals surface area contributed by atoms with Crippen molar-refractivity contribution in [3.05, 3.63) is 63.6 Å². The average Bonchev–Trinajstić information content (AvgIpc) is 3.43. The topological polar surface area (TPSA) is 61.9 Å². The van der Waals surface area contributed by atoms with Crippen LogP contribution in [0.4, 0.5) is 0 Å². The minimum atomic E-state index is -0.196. The van der Waals surface area contributed by atoms with Crippen molar-refractivity contribution in [2.75, 3.05) is 39.3 Å². The maximum absolute atomic E-state index is 13.4. The zero-order valence-corrected chi connectivity index (χ0v) is 23.9. The zero-order valence-electron chi connectivity index (χ0n) is 22.4. The van der Waals surface area contributed by atoms with Gasteiger partial charge in [-0.2, -0.15) is 0 Å². The summed E-state index contributed by atoms with van der Waals surface area (Å²) in [6, 6.07) is 12.8. The second-order valence-corrected chi connectivity index (χ2v) is 11.6. The molecule has 0 radical (unpaired) electrons. The monoisotopic (exact) mass is 559 g/mol. The molecule has 2 saturated heterocycles. The smallest absolute Gasteiger partial charge is 0.251 e. The van der Waals surface area contributed by atoms with Gasteiger partial charge in [-0.25, -0.2) is 0 Å². The van der Waals surface area contributed by atoms with Crippen LogP contribution in [-0.2, 0) is 4.79 Å². The molecule has 206 valence electrons. The van der Waals surface area contributed by atoms with E-state index in [2.05, 4.69) is 24.1 Å². The van der Waals surface area contributed by atoms with Gasteiger partial charge in [0.2, 0.25) is 5.91 Å². The average molecular weight is 561 g/mol. The summed E-state index contributed by atoms with van der Waals surface area (Å²) in [4.78, 5) is 30.3. The molecule has 0 saturated carbocycles. The van der Waals surface area contributed by atoms with Gasteiger partial charge in [-0.1, -0.05) is 49.2 Å². The molecular formula is C30H39Cl2N3O3. The molecule has 2 aromatic carbocycles. The fourth-order valence-corrected chi connectivity index (χ4v) is 5.75. The minimum Gasteiger partial charge on any atom is -0.489 e. The number of ether oxygens (including phenoxy) is 1. The Balaban J connectivity index is 1.25. The first-order valence-electron chi connectivity index (χ1n) is 13.8. The molecule has 2 aromatic rings. The molecule has 0 aromatic heterocycles. The van der Waals surface area contributed by atoms with Crippen molar-refractivity contribution in [1.82, 2.24) is 15.1 Å². The Bertz CT molecular complexity index is 1080. The van der Waals surface area contributed by atoms with Crippen molar-refractivity contribution in [3.8, 4) is 5.75 Å². The van der Waals surface area contributed by atoms with E-state index in [1.165, 1.54) is 25.9 Å². The van der Waals surface area contributed by atoms with Gasteiger partial charge in [-0.15, -0.1) is 0 Å². The van der Waals surface area contributed by atoms with Gasteiger partial charge >= 0.3 is 0 Å². The molecule has 2 amide bonds. The number of hydrogen-bond donors (Lipinski definition) is 1. The molecule has 1 atom stereocenters. The van der Waals surface area contributed by atoms with Crippen molar-refractivity contribution >= 4 is 35.0 Å². The summed E-state index contributed by atoms with van der Waals surface area (Å²) in [5.41, 5.74) is 1.53. The lowest BCUT2D eigenvalue weighted by Gasteiger charge is -2.35. The lowest BCUT2D eigenvalue weighted by Crippen LogP contribution is -2.44. The summed E-state index contributed by atoms with van der Waals surface area (Å²) in [5.74, 6) is 0.584. The van der Waals surface area contributed by atoms with Gasteiger partial charge in [0.1, 0.15) is 11.9 Å². The van der Waals surface area contributed by atoms with Crippen LogP contribution >= 0.6 is 23.2 Å². The van der Waals surface area contributed by atoms with Crippen molar-refractivity contribution in [2.45, 2.75) is 58.0 Å². The Morgan fingerprint density at radius 2 is 1.68 bits per heavy atom. The summed E-state index contributed by atoms with van der Waals surface area (Å²) in [5, 5.41) is 4.08. The SMILES string of the molecule is CC(C)C(C(=O)N1CCC(Oc2ccc(C(=O)NCCCN3CCCC3)cc2Cl)CC1)c1ccc(Cl)cc1.